The molecule has 0 atom stereocenters. The van der Waals surface area contributed by atoms with Gasteiger partial charge in [-0.25, -0.2) is 9.59 Å². The molecular weight excluding hydrogens is 408 g/mol. The zero-order valence-corrected chi connectivity index (χ0v) is 20.6. The third kappa shape index (κ3) is 6.37. The molecule has 0 fully saturated rings. The Hall–Kier alpha value is -3.26. The van der Waals surface area contributed by atoms with Crippen LogP contribution in [0.25, 0.3) is 0 Å². The van der Waals surface area contributed by atoms with Crippen molar-refractivity contribution in [1.29, 1.82) is 0 Å². The standard InChI is InChI=1S/C24H35N4O4/c1-25(2)19-12-10-17(21(15-19)31-23(29)26(3)4)14-18-11-13-20(28(7,8)9)16-22(18)32-24(30)27(5)6/h10-13,15-16H,14H2,1-9H3/q+1. The van der Waals surface area contributed by atoms with E-state index in [1.807, 2.05) is 76.5 Å². The fourth-order valence-electron chi connectivity index (χ4n) is 2.84. The van der Waals surface area contributed by atoms with Crippen LogP contribution in [-0.4, -0.2) is 85.4 Å². The minimum Gasteiger partial charge on any atom is -0.410 e. The summed E-state index contributed by atoms with van der Waals surface area (Å²) in [5.41, 5.74) is 3.54. The number of anilines is 1. The highest BCUT2D eigenvalue weighted by Gasteiger charge is 2.20. The van der Waals surface area contributed by atoms with Gasteiger partial charge in [-0.05, 0) is 29.3 Å². The second kappa shape index (κ2) is 9.91. The first-order valence-electron chi connectivity index (χ1n) is 10.3. The fourth-order valence-corrected chi connectivity index (χ4v) is 2.84. The predicted octanol–water partition coefficient (Wildman–Crippen LogP) is 3.66. The van der Waals surface area contributed by atoms with Crippen molar-refractivity contribution >= 4 is 23.6 Å². The van der Waals surface area contributed by atoms with Gasteiger partial charge in [-0.15, -0.1) is 0 Å². The molecule has 0 aromatic heterocycles. The molecule has 8 heteroatoms. The SMILES string of the molecule is CN(C)C(=O)Oc1cc(N(C)C)ccc1Cc1ccc([N+](C)(C)C)cc1OC(=O)N(C)C. The van der Waals surface area contributed by atoms with E-state index < -0.39 is 12.2 Å². The molecule has 0 heterocycles. The molecule has 2 aromatic carbocycles. The van der Waals surface area contributed by atoms with Crippen molar-refractivity contribution in [3.63, 3.8) is 0 Å². The molecule has 0 radical (unpaired) electrons. The van der Waals surface area contributed by atoms with Gasteiger partial charge < -0.3 is 24.2 Å². The Bertz CT molecular complexity index is 978. The molecule has 174 valence electrons. The van der Waals surface area contributed by atoms with Gasteiger partial charge in [-0.3, -0.25) is 4.48 Å². The number of carbonyl (C=O) groups excluding carboxylic acids is 2. The van der Waals surface area contributed by atoms with Crippen molar-refractivity contribution in [2.75, 3.05) is 68.3 Å². The normalized spacial score (nSPS) is 11.0. The van der Waals surface area contributed by atoms with Gasteiger partial charge in [0.25, 0.3) is 0 Å². The van der Waals surface area contributed by atoms with Crippen LogP contribution < -0.4 is 18.9 Å². The summed E-state index contributed by atoms with van der Waals surface area (Å²) in [6, 6.07) is 11.6. The van der Waals surface area contributed by atoms with E-state index >= 15 is 0 Å². The lowest BCUT2D eigenvalue weighted by molar-refractivity contribution is 0.171. The van der Waals surface area contributed by atoms with Crippen LogP contribution in [0.4, 0.5) is 21.0 Å². The number of rotatable bonds is 6. The summed E-state index contributed by atoms with van der Waals surface area (Å²) in [5.74, 6) is 0.950. The summed E-state index contributed by atoms with van der Waals surface area (Å²) in [4.78, 5) is 29.3. The molecule has 0 bridgehead atoms. The van der Waals surface area contributed by atoms with Crippen molar-refractivity contribution in [3.8, 4) is 11.5 Å². The largest absolute Gasteiger partial charge is 0.414 e. The van der Waals surface area contributed by atoms with E-state index in [1.165, 1.54) is 9.80 Å². The average molecular weight is 444 g/mol. The van der Waals surface area contributed by atoms with Crippen LogP contribution in [0.3, 0.4) is 0 Å². The highest BCUT2D eigenvalue weighted by atomic mass is 16.6. The molecule has 8 nitrogen and oxygen atoms in total. The van der Waals surface area contributed by atoms with Gasteiger partial charge in [0.15, 0.2) is 0 Å². The molecule has 0 aliphatic carbocycles. The number of ether oxygens (including phenoxy) is 2. The summed E-state index contributed by atoms with van der Waals surface area (Å²) in [6.45, 7) is 0. The van der Waals surface area contributed by atoms with Gasteiger partial charge in [-0.1, -0.05) is 6.07 Å². The molecule has 2 aromatic rings. The second-order valence-electron chi connectivity index (χ2n) is 9.19. The second-order valence-corrected chi connectivity index (χ2v) is 9.19. The van der Waals surface area contributed by atoms with Gasteiger partial charge in [0, 0.05) is 66.5 Å². The molecule has 0 spiro atoms. The van der Waals surface area contributed by atoms with Gasteiger partial charge >= 0.3 is 12.2 Å². The molecule has 0 saturated carbocycles. The Morgan fingerprint density at radius 2 is 1.22 bits per heavy atom. The third-order valence-corrected chi connectivity index (χ3v) is 4.90. The minimum atomic E-state index is -0.457. The van der Waals surface area contributed by atoms with Gasteiger partial charge in [0.05, 0.1) is 21.1 Å². The van der Waals surface area contributed by atoms with Crippen molar-refractivity contribution in [2.45, 2.75) is 6.42 Å². The molecule has 2 amide bonds. The lowest BCUT2D eigenvalue weighted by Crippen LogP contribution is -2.34. The van der Waals surface area contributed by atoms with Gasteiger partial charge in [0.2, 0.25) is 0 Å². The molecule has 2 rings (SSSR count). The third-order valence-electron chi connectivity index (χ3n) is 4.90. The number of amides is 2. The zero-order valence-electron chi connectivity index (χ0n) is 20.6. The fraction of sp³-hybridized carbons (Fsp3) is 0.417. The van der Waals surface area contributed by atoms with Gasteiger partial charge in [-0.2, -0.15) is 0 Å². The lowest BCUT2D eigenvalue weighted by atomic mass is 10.0. The van der Waals surface area contributed by atoms with Crippen LogP contribution in [0.5, 0.6) is 11.5 Å². The van der Waals surface area contributed by atoms with Gasteiger partial charge in [0.1, 0.15) is 17.2 Å². The van der Waals surface area contributed by atoms with E-state index in [1.54, 1.807) is 28.2 Å². The number of quaternary nitrogens is 1. The average Bonchev–Trinajstić information content (AvgIpc) is 2.69. The quantitative estimate of drug-likeness (QED) is 0.638. The van der Waals surface area contributed by atoms with Crippen molar-refractivity contribution in [2.24, 2.45) is 0 Å². The Balaban J connectivity index is 2.51. The molecular formula is C24H35N4O4+. The number of hydrogen-bond donors (Lipinski definition) is 0. The van der Waals surface area contributed by atoms with E-state index in [9.17, 15) is 9.59 Å². The maximum absolute atomic E-state index is 12.3. The van der Waals surface area contributed by atoms with Crippen LogP contribution in [0.1, 0.15) is 11.1 Å². The minimum absolute atomic E-state index is 0.428. The molecule has 0 aliphatic heterocycles. The van der Waals surface area contributed by atoms with E-state index in [-0.39, 0.29) is 0 Å². The molecule has 32 heavy (non-hydrogen) atoms. The first kappa shape index (κ1) is 25.0. The first-order chi connectivity index (χ1) is 14.8. The van der Waals surface area contributed by atoms with E-state index in [0.717, 1.165) is 22.5 Å². The highest BCUT2D eigenvalue weighted by Crippen LogP contribution is 2.33. The highest BCUT2D eigenvalue weighted by molar-refractivity contribution is 5.73. The number of nitrogens with zero attached hydrogens (tertiary/aromatic N) is 4. The predicted molar refractivity (Wildman–Crippen MR) is 129 cm³/mol. The maximum Gasteiger partial charge on any atom is 0.414 e. The summed E-state index contributed by atoms with van der Waals surface area (Å²) >= 11 is 0. The summed E-state index contributed by atoms with van der Waals surface area (Å²) in [7, 11) is 16.6. The summed E-state index contributed by atoms with van der Waals surface area (Å²) in [6.07, 6.45) is -0.481. The number of carbonyl (C=O) groups is 2. The van der Waals surface area contributed by atoms with Crippen LogP contribution in [0.15, 0.2) is 36.4 Å². The molecule has 0 aliphatic rings. The summed E-state index contributed by atoms with van der Waals surface area (Å²) in [5, 5.41) is 0. The van der Waals surface area contributed by atoms with E-state index in [0.29, 0.717) is 22.4 Å². The van der Waals surface area contributed by atoms with E-state index in [4.69, 9.17) is 9.47 Å². The Labute approximate surface area is 191 Å². The Kier molecular flexibility index (Phi) is 7.74. The first-order valence-corrected chi connectivity index (χ1v) is 10.3. The molecule has 0 saturated heterocycles. The monoisotopic (exact) mass is 443 g/mol. The van der Waals surface area contributed by atoms with Crippen molar-refractivity contribution in [3.05, 3.63) is 47.5 Å². The Morgan fingerprint density at radius 3 is 1.66 bits per heavy atom. The van der Waals surface area contributed by atoms with Crippen LogP contribution in [0.2, 0.25) is 0 Å². The van der Waals surface area contributed by atoms with Crippen LogP contribution >= 0.6 is 0 Å². The van der Waals surface area contributed by atoms with E-state index in [2.05, 4.69) is 0 Å². The Morgan fingerprint density at radius 1 is 0.750 bits per heavy atom. The van der Waals surface area contributed by atoms with Crippen LogP contribution in [0, 0.1) is 0 Å². The zero-order chi connectivity index (χ0) is 24.2. The molecule has 0 N–H and O–H groups in total. The van der Waals surface area contributed by atoms with Crippen molar-refractivity contribution < 1.29 is 19.1 Å². The smallest absolute Gasteiger partial charge is 0.410 e. The maximum atomic E-state index is 12.3. The van der Waals surface area contributed by atoms with Crippen molar-refractivity contribution in [1.82, 2.24) is 14.3 Å². The topological polar surface area (TPSA) is 62.3 Å². The number of benzene rings is 2. The number of hydrogen-bond acceptors (Lipinski definition) is 5. The lowest BCUT2D eigenvalue weighted by Gasteiger charge is -2.25. The van der Waals surface area contributed by atoms with Crippen LogP contribution in [-0.2, 0) is 6.42 Å². The summed E-state index contributed by atoms with van der Waals surface area (Å²) < 4.78 is 11.9. The molecule has 0 unspecified atom stereocenters.